The number of ether oxygens (including phenoxy) is 1. The maximum atomic E-state index is 13.2. The highest BCUT2D eigenvalue weighted by molar-refractivity contribution is 7.89. The standard InChI is InChI=1S/C26H33N3O5S/c1-34-21-13-15-22(16-14-21)35(32,33)29-17-7-10-20(18-29)26(31)28-24-12-6-5-11-23(24)27-25(30)19-8-3-2-4-9-19/h2-4,8-9,13-16,20,23-24H,5-7,10-12,17-18H2,1H3,(H,27,30)(H,28,31)/t20-,23-,24-/m1/s1. The van der Waals surface area contributed by atoms with E-state index < -0.39 is 15.9 Å². The first-order valence-electron chi connectivity index (χ1n) is 12.2. The molecule has 0 radical (unpaired) electrons. The molecule has 8 nitrogen and oxygen atoms in total. The number of hydrogen-bond donors (Lipinski definition) is 2. The molecule has 9 heteroatoms. The van der Waals surface area contributed by atoms with Crippen LogP contribution in [0.3, 0.4) is 0 Å². The minimum atomic E-state index is -3.70. The van der Waals surface area contributed by atoms with Gasteiger partial charge in [0.05, 0.1) is 17.9 Å². The topological polar surface area (TPSA) is 105 Å². The summed E-state index contributed by atoms with van der Waals surface area (Å²) in [4.78, 5) is 26.1. The van der Waals surface area contributed by atoms with E-state index in [1.807, 2.05) is 18.2 Å². The van der Waals surface area contributed by atoms with Gasteiger partial charge in [-0.05, 0) is 62.1 Å². The molecular formula is C26H33N3O5S. The molecule has 0 unspecified atom stereocenters. The van der Waals surface area contributed by atoms with Crippen molar-refractivity contribution >= 4 is 21.8 Å². The fraction of sp³-hybridized carbons (Fsp3) is 0.462. The summed E-state index contributed by atoms with van der Waals surface area (Å²) in [5.41, 5.74) is 0.592. The number of nitrogens with zero attached hydrogens (tertiary/aromatic N) is 1. The molecule has 2 fully saturated rings. The first-order chi connectivity index (χ1) is 16.9. The number of piperidine rings is 1. The van der Waals surface area contributed by atoms with Gasteiger partial charge in [-0.3, -0.25) is 9.59 Å². The predicted octanol–water partition coefficient (Wildman–Crippen LogP) is 2.95. The van der Waals surface area contributed by atoms with Crippen LogP contribution in [0.15, 0.2) is 59.5 Å². The van der Waals surface area contributed by atoms with E-state index in [0.29, 0.717) is 30.7 Å². The Morgan fingerprint density at radius 2 is 1.54 bits per heavy atom. The van der Waals surface area contributed by atoms with Crippen LogP contribution in [0.4, 0.5) is 0 Å². The van der Waals surface area contributed by atoms with Crippen molar-refractivity contribution in [1.29, 1.82) is 0 Å². The van der Waals surface area contributed by atoms with Gasteiger partial charge in [-0.2, -0.15) is 4.31 Å². The van der Waals surface area contributed by atoms with Crippen LogP contribution in [-0.2, 0) is 14.8 Å². The number of hydrogen-bond acceptors (Lipinski definition) is 5. The van der Waals surface area contributed by atoms with Crippen LogP contribution in [0.5, 0.6) is 5.75 Å². The summed E-state index contributed by atoms with van der Waals surface area (Å²) in [7, 11) is -2.17. The quantitative estimate of drug-likeness (QED) is 0.610. The fourth-order valence-electron chi connectivity index (χ4n) is 4.89. The van der Waals surface area contributed by atoms with Crippen molar-refractivity contribution in [3.8, 4) is 5.75 Å². The second kappa shape index (κ2) is 11.2. The number of carbonyl (C=O) groups excluding carboxylic acids is 2. The van der Waals surface area contributed by atoms with E-state index in [9.17, 15) is 18.0 Å². The molecule has 2 aliphatic rings. The highest BCUT2D eigenvalue weighted by Gasteiger charge is 2.35. The van der Waals surface area contributed by atoms with Gasteiger partial charge in [0, 0.05) is 30.7 Å². The van der Waals surface area contributed by atoms with Crippen LogP contribution in [0, 0.1) is 5.92 Å². The molecule has 188 valence electrons. The fourth-order valence-corrected chi connectivity index (χ4v) is 6.41. The Morgan fingerprint density at radius 1 is 0.886 bits per heavy atom. The van der Waals surface area contributed by atoms with Gasteiger partial charge in [-0.1, -0.05) is 31.0 Å². The molecule has 2 amide bonds. The van der Waals surface area contributed by atoms with Crippen LogP contribution in [0.1, 0.15) is 48.9 Å². The summed E-state index contributed by atoms with van der Waals surface area (Å²) in [6.07, 6.45) is 4.80. The minimum Gasteiger partial charge on any atom is -0.497 e. The molecule has 1 saturated carbocycles. The number of benzene rings is 2. The monoisotopic (exact) mass is 499 g/mol. The van der Waals surface area contributed by atoms with Crippen molar-refractivity contribution in [2.24, 2.45) is 5.92 Å². The second-order valence-electron chi connectivity index (χ2n) is 9.22. The molecule has 1 aliphatic heterocycles. The summed E-state index contributed by atoms with van der Waals surface area (Å²) < 4.78 is 32.8. The van der Waals surface area contributed by atoms with E-state index in [-0.39, 0.29) is 35.3 Å². The zero-order chi connectivity index (χ0) is 24.8. The molecule has 2 aromatic rings. The SMILES string of the molecule is COc1ccc(S(=O)(=O)N2CCC[C@@H](C(=O)N[C@@H]3CCCC[C@H]3NC(=O)c3ccccc3)C2)cc1. The van der Waals surface area contributed by atoms with E-state index >= 15 is 0 Å². The molecular weight excluding hydrogens is 466 g/mol. The maximum Gasteiger partial charge on any atom is 0.251 e. The van der Waals surface area contributed by atoms with Gasteiger partial charge in [0.1, 0.15) is 5.75 Å². The Balaban J connectivity index is 1.39. The van der Waals surface area contributed by atoms with Crippen molar-refractivity contribution in [1.82, 2.24) is 14.9 Å². The van der Waals surface area contributed by atoms with Crippen LogP contribution in [0.25, 0.3) is 0 Å². The van der Waals surface area contributed by atoms with Gasteiger partial charge < -0.3 is 15.4 Å². The smallest absolute Gasteiger partial charge is 0.251 e. The van der Waals surface area contributed by atoms with Crippen LogP contribution in [-0.4, -0.2) is 56.8 Å². The molecule has 1 heterocycles. The summed E-state index contributed by atoms with van der Waals surface area (Å²) in [6, 6.07) is 15.0. The first kappa shape index (κ1) is 25.2. The van der Waals surface area contributed by atoms with Gasteiger partial charge >= 0.3 is 0 Å². The van der Waals surface area contributed by atoms with Gasteiger partial charge in [-0.15, -0.1) is 0 Å². The van der Waals surface area contributed by atoms with Crippen molar-refractivity contribution in [3.63, 3.8) is 0 Å². The van der Waals surface area contributed by atoms with Crippen LogP contribution >= 0.6 is 0 Å². The molecule has 2 N–H and O–H groups in total. The minimum absolute atomic E-state index is 0.147. The summed E-state index contributed by atoms with van der Waals surface area (Å²) in [6.45, 7) is 0.533. The molecule has 1 aliphatic carbocycles. The maximum absolute atomic E-state index is 13.2. The lowest BCUT2D eigenvalue weighted by atomic mass is 9.89. The van der Waals surface area contributed by atoms with Gasteiger partial charge in [0.15, 0.2) is 0 Å². The second-order valence-corrected chi connectivity index (χ2v) is 11.2. The molecule has 1 saturated heterocycles. The number of rotatable bonds is 7. The first-order valence-corrected chi connectivity index (χ1v) is 13.6. The van der Waals surface area contributed by atoms with Crippen molar-refractivity contribution in [2.45, 2.75) is 55.5 Å². The lowest BCUT2D eigenvalue weighted by Crippen LogP contribution is -2.55. The zero-order valence-electron chi connectivity index (χ0n) is 20.0. The van der Waals surface area contributed by atoms with E-state index in [0.717, 1.165) is 25.7 Å². The van der Waals surface area contributed by atoms with Crippen molar-refractivity contribution < 1.29 is 22.7 Å². The molecule has 35 heavy (non-hydrogen) atoms. The number of carbonyl (C=O) groups is 2. The average Bonchev–Trinajstić information content (AvgIpc) is 2.90. The third-order valence-electron chi connectivity index (χ3n) is 6.90. The Kier molecular flexibility index (Phi) is 8.07. The van der Waals surface area contributed by atoms with Gasteiger partial charge in [0.2, 0.25) is 15.9 Å². The molecule has 0 spiro atoms. The largest absolute Gasteiger partial charge is 0.497 e. The number of nitrogens with one attached hydrogen (secondary N) is 2. The molecule has 2 aromatic carbocycles. The highest BCUT2D eigenvalue weighted by Crippen LogP contribution is 2.26. The summed E-state index contributed by atoms with van der Waals surface area (Å²) >= 11 is 0. The molecule has 3 atom stereocenters. The summed E-state index contributed by atoms with van der Waals surface area (Å²) in [5.74, 6) is -0.137. The third-order valence-corrected chi connectivity index (χ3v) is 8.78. The average molecular weight is 500 g/mol. The molecule has 0 aromatic heterocycles. The third kappa shape index (κ3) is 6.02. The zero-order valence-corrected chi connectivity index (χ0v) is 20.8. The van der Waals surface area contributed by atoms with Crippen LogP contribution < -0.4 is 15.4 Å². The predicted molar refractivity (Wildman–Crippen MR) is 133 cm³/mol. The van der Waals surface area contributed by atoms with Crippen molar-refractivity contribution in [3.05, 3.63) is 60.2 Å². The van der Waals surface area contributed by atoms with Gasteiger partial charge in [0.25, 0.3) is 5.91 Å². The Hall–Kier alpha value is -2.91. The molecule has 4 rings (SSSR count). The normalized spacial score (nSPS) is 23.3. The van der Waals surface area contributed by atoms with E-state index in [4.69, 9.17) is 4.74 Å². The summed E-state index contributed by atoms with van der Waals surface area (Å²) in [5, 5.41) is 6.22. The Bertz CT molecular complexity index is 1120. The molecule has 0 bridgehead atoms. The van der Waals surface area contributed by atoms with E-state index in [2.05, 4.69) is 10.6 Å². The number of amides is 2. The number of methoxy groups -OCH3 is 1. The van der Waals surface area contributed by atoms with Crippen LogP contribution in [0.2, 0.25) is 0 Å². The van der Waals surface area contributed by atoms with Crippen molar-refractivity contribution in [2.75, 3.05) is 20.2 Å². The van der Waals surface area contributed by atoms with Gasteiger partial charge in [-0.25, -0.2) is 8.42 Å². The lowest BCUT2D eigenvalue weighted by molar-refractivity contribution is -0.127. The lowest BCUT2D eigenvalue weighted by Gasteiger charge is -2.36. The van der Waals surface area contributed by atoms with E-state index in [1.165, 1.54) is 23.5 Å². The Morgan fingerprint density at radius 3 is 2.20 bits per heavy atom. The number of sulfonamides is 1. The highest BCUT2D eigenvalue weighted by atomic mass is 32.2. The van der Waals surface area contributed by atoms with E-state index in [1.54, 1.807) is 24.3 Å². The Labute approximate surface area is 207 Å².